The Hall–Kier alpha value is -5.17. The lowest BCUT2D eigenvalue weighted by Gasteiger charge is -2.09. The zero-order valence-electron chi connectivity index (χ0n) is 23.5. The first-order valence-electron chi connectivity index (χ1n) is 13.2. The van der Waals surface area contributed by atoms with Gasteiger partial charge in [-0.25, -0.2) is 14.6 Å². The third kappa shape index (κ3) is 8.70. The largest absolute Gasteiger partial charge is 0.490 e. The number of alkyl halides is 6. The number of hydrogen-bond acceptors (Lipinski definition) is 5. The van der Waals surface area contributed by atoms with Crippen LogP contribution in [-0.4, -0.2) is 40.3 Å². The molecule has 4 aromatic carbocycles. The number of ether oxygens (including phenoxy) is 1. The molecular formula is C32H25F6N3O4. The van der Waals surface area contributed by atoms with Gasteiger partial charge >= 0.3 is 24.3 Å². The Morgan fingerprint density at radius 3 is 2.00 bits per heavy atom. The third-order valence-corrected chi connectivity index (χ3v) is 6.45. The number of nitrogens with zero attached hydrogens (tertiary/aromatic N) is 1. The lowest BCUT2D eigenvalue weighted by atomic mass is 10.0. The van der Waals surface area contributed by atoms with Gasteiger partial charge in [-0.2, -0.15) is 26.3 Å². The molecule has 5 aromatic rings. The Balaban J connectivity index is 0.000000591. The Kier molecular flexibility index (Phi) is 9.92. The fourth-order valence-corrected chi connectivity index (χ4v) is 4.31. The van der Waals surface area contributed by atoms with Crippen LogP contribution < -0.4 is 5.32 Å². The third-order valence-electron chi connectivity index (χ3n) is 6.45. The van der Waals surface area contributed by atoms with E-state index in [0.29, 0.717) is 35.5 Å². The number of aliphatic carboxylic acids is 1. The molecule has 13 heteroatoms. The molecule has 0 aliphatic heterocycles. The molecule has 0 aliphatic rings. The second-order valence-corrected chi connectivity index (χ2v) is 9.69. The molecule has 0 amide bonds. The number of esters is 1. The summed E-state index contributed by atoms with van der Waals surface area (Å²) in [6, 6.07) is 26.6. The van der Waals surface area contributed by atoms with E-state index in [2.05, 4.69) is 21.4 Å². The van der Waals surface area contributed by atoms with Crippen molar-refractivity contribution in [2.75, 3.05) is 7.11 Å². The van der Waals surface area contributed by atoms with Crippen LogP contribution in [0.3, 0.4) is 0 Å². The highest BCUT2D eigenvalue weighted by molar-refractivity contribution is 5.89. The van der Waals surface area contributed by atoms with Crippen LogP contribution in [-0.2, 0) is 28.8 Å². The Morgan fingerprint density at radius 2 is 1.38 bits per heavy atom. The van der Waals surface area contributed by atoms with Crippen molar-refractivity contribution in [1.82, 2.24) is 15.3 Å². The number of fused-ring (bicyclic) bond motifs is 1. The molecule has 0 aliphatic carbocycles. The minimum Gasteiger partial charge on any atom is -0.475 e. The highest BCUT2D eigenvalue weighted by Crippen LogP contribution is 2.32. The molecule has 7 nitrogen and oxygen atoms in total. The average molecular weight is 630 g/mol. The number of benzene rings is 4. The SMILES string of the molecule is COC(=O)c1cccc(CNCc2cccc(-c3cccc(-c4nc5ccc(C(F)(F)F)cc5[nH]4)c3)c2)c1.O=C(O)C(F)(F)F. The molecule has 234 valence electrons. The van der Waals surface area contributed by atoms with Gasteiger partial charge in [-0.15, -0.1) is 0 Å². The first-order valence-corrected chi connectivity index (χ1v) is 13.2. The predicted molar refractivity (Wildman–Crippen MR) is 154 cm³/mol. The summed E-state index contributed by atoms with van der Waals surface area (Å²) in [5.41, 5.74) is 5.43. The van der Waals surface area contributed by atoms with E-state index < -0.39 is 23.9 Å². The Labute approximate surface area is 252 Å². The van der Waals surface area contributed by atoms with Gasteiger partial charge in [-0.3, -0.25) is 0 Å². The Bertz CT molecular complexity index is 1820. The highest BCUT2D eigenvalue weighted by Gasteiger charge is 2.38. The molecule has 0 saturated carbocycles. The van der Waals surface area contributed by atoms with Crippen molar-refractivity contribution in [1.29, 1.82) is 0 Å². The summed E-state index contributed by atoms with van der Waals surface area (Å²) in [5, 5.41) is 10.5. The highest BCUT2D eigenvalue weighted by atomic mass is 19.4. The number of rotatable bonds is 7. The van der Waals surface area contributed by atoms with Gasteiger partial charge in [0.15, 0.2) is 0 Å². The van der Waals surface area contributed by atoms with Crippen molar-refractivity contribution in [3.8, 4) is 22.5 Å². The molecule has 0 bridgehead atoms. The predicted octanol–water partition coefficient (Wildman–Crippen LogP) is 7.63. The fraction of sp³-hybridized carbons (Fsp3) is 0.156. The van der Waals surface area contributed by atoms with Crippen molar-refractivity contribution in [2.45, 2.75) is 25.4 Å². The van der Waals surface area contributed by atoms with Crippen molar-refractivity contribution in [2.24, 2.45) is 0 Å². The number of methoxy groups -OCH3 is 1. The second kappa shape index (κ2) is 13.6. The number of imidazole rings is 1. The fourth-order valence-electron chi connectivity index (χ4n) is 4.31. The standard InChI is InChI=1S/C30H24F3N3O2.C2HF3O2/c1-38-29(37)24-10-3-6-20(14-24)18-34-17-19-5-2-7-21(13-19)22-8-4-9-23(15-22)28-35-26-12-11-25(30(31,32)33)16-27(26)36-28;3-2(4,5)1(6)7/h2-16,34H,17-18H2,1H3,(H,35,36);(H,6,7). The van der Waals surface area contributed by atoms with E-state index in [4.69, 9.17) is 14.6 Å². The molecule has 0 saturated heterocycles. The first-order chi connectivity index (χ1) is 21.2. The summed E-state index contributed by atoms with van der Waals surface area (Å²) in [6.45, 7) is 1.22. The molecular weight excluding hydrogens is 604 g/mol. The first kappa shape index (κ1) is 32.7. The summed E-state index contributed by atoms with van der Waals surface area (Å²) in [6.07, 6.45) is -9.49. The molecule has 0 unspecified atom stereocenters. The molecule has 0 spiro atoms. The zero-order valence-corrected chi connectivity index (χ0v) is 23.5. The maximum atomic E-state index is 13.1. The van der Waals surface area contributed by atoms with E-state index in [-0.39, 0.29) is 5.97 Å². The summed E-state index contributed by atoms with van der Waals surface area (Å²) in [4.78, 5) is 28.2. The molecule has 45 heavy (non-hydrogen) atoms. The van der Waals surface area contributed by atoms with Crippen LogP contribution in [0.4, 0.5) is 26.3 Å². The van der Waals surface area contributed by atoms with Gasteiger partial charge in [0, 0.05) is 18.7 Å². The van der Waals surface area contributed by atoms with E-state index >= 15 is 0 Å². The maximum Gasteiger partial charge on any atom is 0.490 e. The van der Waals surface area contributed by atoms with Crippen LogP contribution in [0.25, 0.3) is 33.5 Å². The number of carboxylic acids is 1. The van der Waals surface area contributed by atoms with Crippen LogP contribution >= 0.6 is 0 Å². The summed E-state index contributed by atoms with van der Waals surface area (Å²) in [5.74, 6) is -2.61. The van der Waals surface area contributed by atoms with E-state index in [0.717, 1.165) is 39.9 Å². The number of nitrogens with one attached hydrogen (secondary N) is 2. The van der Waals surface area contributed by atoms with E-state index in [1.54, 1.807) is 6.07 Å². The smallest absolute Gasteiger partial charge is 0.475 e. The second-order valence-electron chi connectivity index (χ2n) is 9.69. The van der Waals surface area contributed by atoms with Crippen molar-refractivity contribution >= 4 is 23.0 Å². The topological polar surface area (TPSA) is 104 Å². The quantitative estimate of drug-likeness (QED) is 0.126. The van der Waals surface area contributed by atoms with Gasteiger partial charge in [0.1, 0.15) is 5.82 Å². The van der Waals surface area contributed by atoms with Crippen LogP contribution in [0.5, 0.6) is 0 Å². The molecule has 3 N–H and O–H groups in total. The zero-order chi connectivity index (χ0) is 32.8. The minimum absolute atomic E-state index is 0.338. The van der Waals surface area contributed by atoms with Gasteiger partial charge in [0.25, 0.3) is 0 Å². The van der Waals surface area contributed by atoms with Gasteiger partial charge in [-0.1, -0.05) is 48.5 Å². The number of aromatic nitrogens is 2. The average Bonchev–Trinajstić information content (AvgIpc) is 3.44. The number of H-pyrrole nitrogens is 1. The van der Waals surface area contributed by atoms with Crippen LogP contribution in [0.2, 0.25) is 0 Å². The van der Waals surface area contributed by atoms with Gasteiger partial charge < -0.3 is 20.1 Å². The monoisotopic (exact) mass is 629 g/mol. The van der Waals surface area contributed by atoms with Crippen LogP contribution in [0, 0.1) is 0 Å². The van der Waals surface area contributed by atoms with Crippen molar-refractivity contribution in [3.63, 3.8) is 0 Å². The lowest BCUT2D eigenvalue weighted by molar-refractivity contribution is -0.192. The molecule has 0 atom stereocenters. The normalized spacial score (nSPS) is 11.5. The van der Waals surface area contributed by atoms with Gasteiger partial charge in [0.2, 0.25) is 0 Å². The number of carbonyl (C=O) groups is 2. The van der Waals surface area contributed by atoms with E-state index in [9.17, 15) is 31.1 Å². The van der Waals surface area contributed by atoms with E-state index in [1.165, 1.54) is 13.2 Å². The number of hydrogen-bond donors (Lipinski definition) is 3. The number of aromatic amines is 1. The summed E-state index contributed by atoms with van der Waals surface area (Å²) in [7, 11) is 1.36. The molecule has 0 radical (unpaired) electrons. The summed E-state index contributed by atoms with van der Waals surface area (Å²) < 4.78 is 75.8. The Morgan fingerprint density at radius 1 is 0.800 bits per heavy atom. The molecule has 0 fully saturated rings. The molecule has 1 aromatic heterocycles. The number of carbonyl (C=O) groups excluding carboxylic acids is 1. The summed E-state index contributed by atoms with van der Waals surface area (Å²) >= 11 is 0. The van der Waals surface area contributed by atoms with Crippen molar-refractivity contribution in [3.05, 3.63) is 113 Å². The van der Waals surface area contributed by atoms with E-state index in [1.807, 2.05) is 60.7 Å². The number of halogens is 6. The lowest BCUT2D eigenvalue weighted by Crippen LogP contribution is -2.21. The van der Waals surface area contributed by atoms with Gasteiger partial charge in [-0.05, 0) is 64.7 Å². The van der Waals surface area contributed by atoms with Crippen molar-refractivity contribution < 1.29 is 45.8 Å². The minimum atomic E-state index is -5.08. The van der Waals surface area contributed by atoms with Crippen LogP contribution in [0.1, 0.15) is 27.0 Å². The van der Waals surface area contributed by atoms with Gasteiger partial charge in [0.05, 0.1) is 29.3 Å². The number of carboxylic acid groups (broad SMARTS) is 1. The molecule has 5 rings (SSSR count). The maximum absolute atomic E-state index is 13.1. The molecule has 1 heterocycles. The van der Waals surface area contributed by atoms with Crippen LogP contribution in [0.15, 0.2) is 91.0 Å².